The van der Waals surface area contributed by atoms with Crippen LogP contribution in [0, 0.1) is 27.7 Å². The van der Waals surface area contributed by atoms with Gasteiger partial charge in [-0.2, -0.15) is 0 Å². The number of carboxylic acids is 2. The number of amides is 1. The van der Waals surface area contributed by atoms with Gasteiger partial charge in [-0.05, 0) is 51.3 Å². The Morgan fingerprint density at radius 2 is 1.42 bits per heavy atom. The summed E-state index contributed by atoms with van der Waals surface area (Å²) in [5.41, 5.74) is 3.13. The summed E-state index contributed by atoms with van der Waals surface area (Å²) in [5, 5.41) is 19.5. The van der Waals surface area contributed by atoms with Crippen molar-refractivity contribution < 1.29 is 33.4 Å². The molecule has 0 spiro atoms. The molecule has 0 aliphatic carbocycles. The van der Waals surface area contributed by atoms with Crippen molar-refractivity contribution in [1.29, 1.82) is 0 Å². The largest absolute Gasteiger partial charge is 0.480 e. The van der Waals surface area contributed by atoms with Crippen molar-refractivity contribution in [3.8, 4) is 0 Å². The van der Waals surface area contributed by atoms with Gasteiger partial charge < -0.3 is 23.9 Å². The summed E-state index contributed by atoms with van der Waals surface area (Å²) < 4.78 is 11.4. The topological polar surface area (TPSA) is 138 Å². The van der Waals surface area contributed by atoms with E-state index in [4.69, 9.17) is 19.0 Å². The molecule has 164 valence electrons. The molecule has 2 heterocycles. The van der Waals surface area contributed by atoms with E-state index >= 15 is 0 Å². The summed E-state index contributed by atoms with van der Waals surface area (Å²) in [7, 11) is 0. The molecule has 0 saturated carbocycles. The molecular weight excluding hydrogens is 406 g/mol. The van der Waals surface area contributed by atoms with Crippen molar-refractivity contribution in [3.05, 3.63) is 44.5 Å². The predicted octanol–water partition coefficient (Wildman–Crippen LogP) is 2.70. The number of benzene rings is 1. The molecule has 0 aliphatic rings. The SMILES string of the molecule is Cc1oc2c(C)c3oc(=O)c(CCC(=O)N(CC(=O)O)CC(=O)O)c(C)c3cc2c1C. The number of carbonyl (C=O) groups excluding carboxylic acids is 1. The number of aliphatic carboxylic acids is 2. The van der Waals surface area contributed by atoms with E-state index in [2.05, 4.69) is 0 Å². The van der Waals surface area contributed by atoms with E-state index in [1.165, 1.54) is 0 Å². The Bertz CT molecular complexity index is 1260. The summed E-state index contributed by atoms with van der Waals surface area (Å²) >= 11 is 0. The number of carboxylic acid groups (broad SMARTS) is 2. The van der Waals surface area contributed by atoms with Crippen molar-refractivity contribution in [2.45, 2.75) is 40.5 Å². The number of fused-ring (bicyclic) bond motifs is 2. The molecule has 0 atom stereocenters. The lowest BCUT2D eigenvalue weighted by Gasteiger charge is -2.18. The van der Waals surface area contributed by atoms with E-state index in [0.717, 1.165) is 27.0 Å². The van der Waals surface area contributed by atoms with Gasteiger partial charge in [0.2, 0.25) is 5.91 Å². The number of furan rings is 1. The third-order valence-corrected chi connectivity index (χ3v) is 5.54. The second-order valence-electron chi connectivity index (χ2n) is 7.57. The first-order valence-electron chi connectivity index (χ1n) is 9.68. The van der Waals surface area contributed by atoms with Gasteiger partial charge in [0, 0.05) is 28.3 Å². The molecule has 9 nitrogen and oxygen atoms in total. The molecule has 0 unspecified atom stereocenters. The van der Waals surface area contributed by atoms with Crippen LogP contribution < -0.4 is 5.63 Å². The highest BCUT2D eigenvalue weighted by atomic mass is 16.4. The molecule has 2 N–H and O–H groups in total. The number of carbonyl (C=O) groups is 3. The zero-order valence-corrected chi connectivity index (χ0v) is 17.7. The van der Waals surface area contributed by atoms with Crippen LogP contribution in [0.3, 0.4) is 0 Å². The minimum atomic E-state index is -1.32. The molecule has 0 bridgehead atoms. The van der Waals surface area contributed by atoms with Crippen LogP contribution in [-0.2, 0) is 20.8 Å². The Hall–Kier alpha value is -3.62. The lowest BCUT2D eigenvalue weighted by atomic mass is 9.98. The average Bonchev–Trinajstić information content (AvgIpc) is 2.96. The van der Waals surface area contributed by atoms with Crippen LogP contribution >= 0.6 is 0 Å². The van der Waals surface area contributed by atoms with Gasteiger partial charge >= 0.3 is 17.6 Å². The number of hydrogen-bond donors (Lipinski definition) is 2. The number of aryl methyl sites for hydroxylation is 4. The van der Waals surface area contributed by atoms with Crippen molar-refractivity contribution in [2.24, 2.45) is 0 Å². The number of hydrogen-bond acceptors (Lipinski definition) is 6. The van der Waals surface area contributed by atoms with Gasteiger partial charge in [-0.25, -0.2) is 4.79 Å². The molecule has 1 amide bonds. The highest BCUT2D eigenvalue weighted by Crippen LogP contribution is 2.34. The first-order valence-corrected chi connectivity index (χ1v) is 9.68. The smallest absolute Gasteiger partial charge is 0.339 e. The van der Waals surface area contributed by atoms with Gasteiger partial charge in [-0.1, -0.05) is 0 Å². The highest BCUT2D eigenvalue weighted by Gasteiger charge is 2.22. The maximum Gasteiger partial charge on any atom is 0.339 e. The minimum absolute atomic E-state index is 0.000834. The fourth-order valence-corrected chi connectivity index (χ4v) is 3.73. The van der Waals surface area contributed by atoms with Gasteiger partial charge in [0.05, 0.1) is 0 Å². The van der Waals surface area contributed by atoms with Crippen molar-refractivity contribution in [2.75, 3.05) is 13.1 Å². The lowest BCUT2D eigenvalue weighted by molar-refractivity contribution is -0.149. The van der Waals surface area contributed by atoms with Crippen molar-refractivity contribution in [1.82, 2.24) is 4.90 Å². The van der Waals surface area contributed by atoms with E-state index in [1.54, 1.807) is 6.92 Å². The van der Waals surface area contributed by atoms with Crippen LogP contribution in [0.25, 0.3) is 21.9 Å². The van der Waals surface area contributed by atoms with E-state index in [9.17, 15) is 19.2 Å². The van der Waals surface area contributed by atoms with Gasteiger partial charge in [-0.3, -0.25) is 14.4 Å². The summed E-state index contributed by atoms with van der Waals surface area (Å²) in [6.07, 6.45) is -0.220. The minimum Gasteiger partial charge on any atom is -0.480 e. The Balaban J connectivity index is 1.99. The third-order valence-electron chi connectivity index (χ3n) is 5.54. The van der Waals surface area contributed by atoms with Crippen molar-refractivity contribution in [3.63, 3.8) is 0 Å². The van der Waals surface area contributed by atoms with E-state index in [0.29, 0.717) is 27.9 Å². The quantitative estimate of drug-likeness (QED) is 0.547. The molecule has 0 saturated heterocycles. The maximum absolute atomic E-state index is 12.6. The van der Waals surface area contributed by atoms with Gasteiger partial charge in [0.15, 0.2) is 0 Å². The van der Waals surface area contributed by atoms with E-state index in [1.807, 2.05) is 26.8 Å². The van der Waals surface area contributed by atoms with Crippen LogP contribution in [0.4, 0.5) is 0 Å². The van der Waals surface area contributed by atoms with Crippen LogP contribution in [0.1, 0.15) is 34.4 Å². The molecule has 3 rings (SSSR count). The molecule has 3 aromatic rings. The second-order valence-corrected chi connectivity index (χ2v) is 7.57. The van der Waals surface area contributed by atoms with Crippen LogP contribution in [0.2, 0.25) is 0 Å². The molecule has 2 aromatic heterocycles. The Morgan fingerprint density at radius 3 is 2.00 bits per heavy atom. The third kappa shape index (κ3) is 4.16. The summed E-state index contributed by atoms with van der Waals surface area (Å²) in [6, 6.07) is 1.90. The predicted molar refractivity (Wildman–Crippen MR) is 111 cm³/mol. The molecule has 0 radical (unpaired) electrons. The fourth-order valence-electron chi connectivity index (χ4n) is 3.73. The standard InChI is InChI=1S/C22H23NO8/c1-10-13(4)30-20-12(3)21-16(7-15(10)20)11(2)14(22(29)31-21)5-6-17(24)23(8-18(25)26)9-19(27)28/h7H,5-6,8-9H2,1-4H3,(H,25,26)(H,27,28). The second kappa shape index (κ2) is 8.25. The Kier molecular flexibility index (Phi) is 5.88. The molecule has 31 heavy (non-hydrogen) atoms. The fraction of sp³-hybridized carbons (Fsp3) is 0.364. The van der Waals surface area contributed by atoms with E-state index < -0.39 is 36.6 Å². The zero-order chi connectivity index (χ0) is 23.0. The average molecular weight is 429 g/mol. The van der Waals surface area contributed by atoms with Crippen LogP contribution in [0.5, 0.6) is 0 Å². The molecule has 0 fully saturated rings. The molecule has 9 heteroatoms. The Morgan fingerprint density at radius 1 is 0.871 bits per heavy atom. The van der Waals surface area contributed by atoms with Crippen LogP contribution in [0.15, 0.2) is 19.7 Å². The lowest BCUT2D eigenvalue weighted by Crippen LogP contribution is -2.39. The normalized spacial score (nSPS) is 11.2. The van der Waals surface area contributed by atoms with Gasteiger partial charge in [0.1, 0.15) is 30.0 Å². The number of nitrogens with zero attached hydrogens (tertiary/aromatic N) is 1. The maximum atomic E-state index is 12.6. The molecule has 0 aliphatic heterocycles. The number of rotatable bonds is 7. The zero-order valence-electron chi connectivity index (χ0n) is 17.7. The molecular formula is C22H23NO8. The van der Waals surface area contributed by atoms with Gasteiger partial charge in [0.25, 0.3) is 0 Å². The van der Waals surface area contributed by atoms with Crippen molar-refractivity contribution >= 4 is 39.8 Å². The summed E-state index contributed by atoms with van der Waals surface area (Å²) in [4.78, 5) is 47.6. The Labute approximate surface area is 176 Å². The van der Waals surface area contributed by atoms with Crippen LogP contribution in [-0.4, -0.2) is 46.0 Å². The van der Waals surface area contributed by atoms with Gasteiger partial charge in [-0.15, -0.1) is 0 Å². The first kappa shape index (κ1) is 22.1. The summed E-state index contributed by atoms with van der Waals surface area (Å²) in [6.45, 7) is 5.92. The van der Waals surface area contributed by atoms with E-state index in [-0.39, 0.29) is 12.8 Å². The summed E-state index contributed by atoms with van der Waals surface area (Å²) in [5.74, 6) is -2.53. The highest BCUT2D eigenvalue weighted by molar-refractivity contribution is 6.00. The molecule has 1 aromatic carbocycles. The monoisotopic (exact) mass is 429 g/mol. The first-order chi connectivity index (χ1) is 14.5.